The van der Waals surface area contributed by atoms with Crippen molar-refractivity contribution in [2.45, 2.75) is 19.4 Å². The van der Waals surface area contributed by atoms with Crippen molar-refractivity contribution in [2.75, 3.05) is 20.7 Å². The molecule has 0 N–H and O–H groups in total. The fourth-order valence-electron chi connectivity index (χ4n) is 0.854. The highest BCUT2D eigenvalue weighted by molar-refractivity contribution is 8.08. The second kappa shape index (κ2) is 3.50. The van der Waals surface area contributed by atoms with E-state index in [2.05, 4.69) is 0 Å². The first-order valence-electron chi connectivity index (χ1n) is 3.65. The van der Waals surface area contributed by atoms with E-state index in [9.17, 15) is 0 Å². The van der Waals surface area contributed by atoms with Crippen molar-refractivity contribution < 1.29 is 9.05 Å². The zero-order valence-corrected chi connectivity index (χ0v) is 8.82. The first-order chi connectivity index (χ1) is 5.04. The summed E-state index contributed by atoms with van der Waals surface area (Å²) in [5.41, 5.74) is 0. The maximum Gasteiger partial charge on any atom is 0.263 e. The van der Waals surface area contributed by atoms with E-state index in [0.717, 1.165) is 13.0 Å². The number of hydrogen-bond acceptors (Lipinski definition) is 3. The Morgan fingerprint density at radius 3 is 2.55 bits per heavy atom. The highest BCUT2D eigenvalue weighted by Crippen LogP contribution is 2.54. The molecular formula is C6H14NO2PS. The Morgan fingerprint density at radius 2 is 2.18 bits per heavy atom. The maximum atomic E-state index is 5.56. The summed E-state index contributed by atoms with van der Waals surface area (Å²) in [4.78, 5) is 0. The predicted molar refractivity (Wildman–Crippen MR) is 49.1 cm³/mol. The Labute approximate surface area is 72.9 Å². The molecule has 1 fully saturated rings. The summed E-state index contributed by atoms with van der Waals surface area (Å²) in [6.07, 6.45) is 1.20. The molecule has 1 aliphatic rings. The fraction of sp³-hybridized carbons (Fsp3) is 1.00. The highest BCUT2D eigenvalue weighted by Gasteiger charge is 2.28. The van der Waals surface area contributed by atoms with Crippen LogP contribution in [0.25, 0.3) is 0 Å². The number of hydrogen-bond donors (Lipinski definition) is 0. The minimum absolute atomic E-state index is 0.247. The zero-order valence-electron chi connectivity index (χ0n) is 7.11. The van der Waals surface area contributed by atoms with E-state index in [1.54, 1.807) is 0 Å². The molecule has 1 heterocycles. The SMILES string of the molecule is C[C@H]1CCO[P@@](=S)(N(C)C)O1. The van der Waals surface area contributed by atoms with Gasteiger partial charge in [0, 0.05) is 0 Å². The summed E-state index contributed by atoms with van der Waals surface area (Å²) >= 11 is 5.25. The second-order valence-corrected chi connectivity index (χ2v) is 6.44. The van der Waals surface area contributed by atoms with Crippen LogP contribution in [0.2, 0.25) is 0 Å². The molecule has 0 bridgehead atoms. The molecular weight excluding hydrogens is 181 g/mol. The summed E-state index contributed by atoms with van der Waals surface area (Å²) in [5, 5.41) is 0. The van der Waals surface area contributed by atoms with Crippen LogP contribution in [0.3, 0.4) is 0 Å². The molecule has 0 aromatic heterocycles. The Bertz CT molecular complexity index is 185. The minimum atomic E-state index is -2.07. The van der Waals surface area contributed by atoms with Gasteiger partial charge in [-0.1, -0.05) is 0 Å². The fourth-order valence-corrected chi connectivity index (χ4v) is 2.90. The molecule has 11 heavy (non-hydrogen) atoms. The van der Waals surface area contributed by atoms with Crippen LogP contribution in [-0.4, -0.2) is 31.5 Å². The molecule has 1 rings (SSSR count). The van der Waals surface area contributed by atoms with Gasteiger partial charge in [-0.25, -0.2) is 4.67 Å². The average Bonchev–Trinajstić information content (AvgIpc) is 1.86. The zero-order chi connectivity index (χ0) is 8.48. The van der Waals surface area contributed by atoms with Crippen molar-refractivity contribution >= 4 is 18.4 Å². The predicted octanol–water partition coefficient (Wildman–Crippen LogP) is 1.60. The van der Waals surface area contributed by atoms with Gasteiger partial charge in [-0.2, -0.15) is 0 Å². The van der Waals surface area contributed by atoms with Crippen molar-refractivity contribution in [1.82, 2.24) is 4.67 Å². The maximum absolute atomic E-state index is 5.56. The second-order valence-electron chi connectivity index (χ2n) is 2.85. The van der Waals surface area contributed by atoms with E-state index in [0.29, 0.717) is 0 Å². The Balaban J connectivity index is 2.63. The van der Waals surface area contributed by atoms with Gasteiger partial charge in [0.15, 0.2) is 0 Å². The molecule has 0 spiro atoms. The number of nitrogens with zero attached hydrogens (tertiary/aromatic N) is 1. The molecule has 3 nitrogen and oxygen atoms in total. The molecule has 0 aromatic rings. The minimum Gasteiger partial charge on any atom is -0.318 e. The van der Waals surface area contributed by atoms with E-state index >= 15 is 0 Å². The normalized spacial score (nSPS) is 39.5. The van der Waals surface area contributed by atoms with E-state index in [4.69, 9.17) is 20.9 Å². The monoisotopic (exact) mass is 195 g/mol. The standard InChI is InChI=1S/C6H14NO2PS/c1-6-4-5-8-10(11,9-6)7(2)3/h6H,4-5H2,1-3H3/t6-,10-/m0/s1. The molecule has 0 aliphatic carbocycles. The molecule has 66 valence electrons. The lowest BCUT2D eigenvalue weighted by Gasteiger charge is -2.34. The first-order valence-corrected chi connectivity index (χ1v) is 6.24. The van der Waals surface area contributed by atoms with Crippen LogP contribution in [0.4, 0.5) is 0 Å². The van der Waals surface area contributed by atoms with Crippen LogP contribution in [-0.2, 0) is 20.9 Å². The van der Waals surface area contributed by atoms with Crippen LogP contribution in [0.15, 0.2) is 0 Å². The Hall–Kier alpha value is 0.530. The van der Waals surface area contributed by atoms with Gasteiger partial charge in [-0.15, -0.1) is 0 Å². The van der Waals surface area contributed by atoms with Crippen molar-refractivity contribution in [3.8, 4) is 0 Å². The first kappa shape index (κ1) is 9.62. The summed E-state index contributed by atoms with van der Waals surface area (Å²) in [7, 11) is 3.80. The molecule has 1 saturated heterocycles. The molecule has 1 aliphatic heterocycles. The summed E-state index contributed by atoms with van der Waals surface area (Å²) in [6, 6.07) is 0. The van der Waals surface area contributed by atoms with E-state index in [-0.39, 0.29) is 6.10 Å². The molecule has 0 unspecified atom stereocenters. The third kappa shape index (κ3) is 2.23. The van der Waals surface area contributed by atoms with Crippen molar-refractivity contribution in [1.29, 1.82) is 0 Å². The van der Waals surface area contributed by atoms with E-state index < -0.39 is 6.64 Å². The highest BCUT2D eigenvalue weighted by atomic mass is 32.5. The topological polar surface area (TPSA) is 21.7 Å². The Kier molecular flexibility index (Phi) is 3.06. The van der Waals surface area contributed by atoms with Crippen LogP contribution in [0.5, 0.6) is 0 Å². The third-order valence-corrected chi connectivity index (χ3v) is 5.25. The molecule has 0 radical (unpaired) electrons. The Morgan fingerprint density at radius 1 is 1.55 bits per heavy atom. The lowest BCUT2D eigenvalue weighted by molar-refractivity contribution is 0.100. The lowest BCUT2D eigenvalue weighted by Crippen LogP contribution is -2.23. The van der Waals surface area contributed by atoms with Gasteiger partial charge in [0.05, 0.1) is 12.7 Å². The van der Waals surface area contributed by atoms with Crippen LogP contribution in [0.1, 0.15) is 13.3 Å². The van der Waals surface area contributed by atoms with Gasteiger partial charge < -0.3 is 9.05 Å². The molecule has 0 amide bonds. The summed E-state index contributed by atoms with van der Waals surface area (Å²) in [5.74, 6) is 0. The molecule has 5 heteroatoms. The van der Waals surface area contributed by atoms with Gasteiger partial charge in [0.2, 0.25) is 0 Å². The van der Waals surface area contributed by atoms with Crippen LogP contribution < -0.4 is 0 Å². The van der Waals surface area contributed by atoms with Crippen molar-refractivity contribution in [3.63, 3.8) is 0 Å². The number of rotatable bonds is 1. The molecule has 0 saturated carbocycles. The van der Waals surface area contributed by atoms with Gasteiger partial charge in [-0.05, 0) is 39.2 Å². The summed E-state index contributed by atoms with van der Waals surface area (Å²) < 4.78 is 12.9. The van der Waals surface area contributed by atoms with Gasteiger partial charge in [0.25, 0.3) is 6.64 Å². The average molecular weight is 195 g/mol. The van der Waals surface area contributed by atoms with Gasteiger partial charge in [-0.3, -0.25) is 0 Å². The quantitative estimate of drug-likeness (QED) is 0.592. The van der Waals surface area contributed by atoms with E-state index in [1.165, 1.54) is 0 Å². The smallest absolute Gasteiger partial charge is 0.263 e. The van der Waals surface area contributed by atoms with Gasteiger partial charge >= 0.3 is 0 Å². The van der Waals surface area contributed by atoms with Crippen molar-refractivity contribution in [3.05, 3.63) is 0 Å². The third-order valence-electron chi connectivity index (χ3n) is 1.58. The molecule has 2 atom stereocenters. The van der Waals surface area contributed by atoms with E-state index in [1.807, 2.05) is 25.7 Å². The van der Waals surface area contributed by atoms with Crippen molar-refractivity contribution in [2.24, 2.45) is 0 Å². The van der Waals surface area contributed by atoms with Crippen LogP contribution in [0, 0.1) is 0 Å². The molecule has 0 aromatic carbocycles. The largest absolute Gasteiger partial charge is 0.318 e. The van der Waals surface area contributed by atoms with Gasteiger partial charge in [0.1, 0.15) is 0 Å². The summed E-state index contributed by atoms with van der Waals surface area (Å²) in [6.45, 7) is 0.693. The lowest BCUT2D eigenvalue weighted by atomic mass is 10.3. The van der Waals surface area contributed by atoms with Crippen LogP contribution >= 0.6 is 6.64 Å².